The van der Waals surface area contributed by atoms with Gasteiger partial charge in [-0.15, -0.1) is 0 Å². The van der Waals surface area contributed by atoms with Crippen molar-refractivity contribution in [1.29, 1.82) is 0 Å². The molecule has 1 unspecified atom stereocenters. The van der Waals surface area contributed by atoms with Crippen molar-refractivity contribution in [2.24, 2.45) is 0 Å². The van der Waals surface area contributed by atoms with E-state index in [0.717, 1.165) is 57.8 Å². The first-order valence-corrected chi connectivity index (χ1v) is 25.4. The van der Waals surface area contributed by atoms with E-state index in [4.69, 9.17) is 14.2 Å². The van der Waals surface area contributed by atoms with Gasteiger partial charge in [-0.05, 0) is 44.9 Å². The van der Waals surface area contributed by atoms with Crippen LogP contribution < -0.4 is 0 Å². The van der Waals surface area contributed by atoms with E-state index in [-0.39, 0.29) is 31.1 Å². The van der Waals surface area contributed by atoms with Gasteiger partial charge in [-0.1, -0.05) is 231 Å². The van der Waals surface area contributed by atoms with Gasteiger partial charge in [0.15, 0.2) is 6.10 Å². The predicted octanol–water partition coefficient (Wildman–Crippen LogP) is 16.4. The first-order valence-electron chi connectivity index (χ1n) is 25.4. The summed E-state index contributed by atoms with van der Waals surface area (Å²) in [6.45, 7) is 6.61. The third-order valence-corrected chi connectivity index (χ3v) is 11.2. The van der Waals surface area contributed by atoms with E-state index in [1.165, 1.54) is 173 Å². The van der Waals surface area contributed by atoms with Crippen LogP contribution in [-0.4, -0.2) is 37.2 Å². The molecule has 0 aliphatic carbocycles. The van der Waals surface area contributed by atoms with E-state index in [9.17, 15) is 14.4 Å². The van der Waals surface area contributed by atoms with Gasteiger partial charge in [-0.25, -0.2) is 0 Å². The molecule has 0 rings (SSSR count). The van der Waals surface area contributed by atoms with Gasteiger partial charge in [-0.3, -0.25) is 14.4 Å². The molecule has 0 aromatic rings. The van der Waals surface area contributed by atoms with Crippen LogP contribution in [0.3, 0.4) is 0 Å². The lowest BCUT2D eigenvalue weighted by molar-refractivity contribution is -0.167. The molecule has 6 heteroatoms. The van der Waals surface area contributed by atoms with E-state index < -0.39 is 6.10 Å². The van der Waals surface area contributed by atoms with Gasteiger partial charge in [0.25, 0.3) is 0 Å². The molecule has 6 nitrogen and oxygen atoms in total. The minimum atomic E-state index is -0.764. The monoisotopic (exact) mass is 817 g/mol. The first-order chi connectivity index (χ1) is 28.5. The molecular weight excluding hydrogens is 721 g/mol. The Labute approximate surface area is 360 Å². The smallest absolute Gasteiger partial charge is 0.306 e. The Bertz CT molecular complexity index is 942. The van der Waals surface area contributed by atoms with Gasteiger partial charge in [0, 0.05) is 19.3 Å². The molecule has 0 fully saturated rings. The highest BCUT2D eigenvalue weighted by molar-refractivity contribution is 5.71. The molecule has 0 heterocycles. The highest BCUT2D eigenvalue weighted by atomic mass is 16.6. The number of rotatable bonds is 46. The van der Waals surface area contributed by atoms with Crippen molar-refractivity contribution in [3.05, 3.63) is 24.3 Å². The standard InChI is InChI=1S/C52H96O6/c1-4-7-10-13-16-19-21-23-24-25-26-27-28-29-31-33-36-39-42-45-51(54)57-48-49(47-56-50(53)44-41-38-35-32-18-15-12-9-6-3)58-52(55)46-43-40-37-34-30-22-20-17-14-11-8-5-2/h16,19,21,23,49H,4-15,17-18,20,22,24-48H2,1-3H3/b19-16-,23-21-. The van der Waals surface area contributed by atoms with Crippen LogP contribution in [0.5, 0.6) is 0 Å². The molecule has 0 bridgehead atoms. The van der Waals surface area contributed by atoms with Gasteiger partial charge in [0.1, 0.15) is 13.2 Å². The molecule has 0 radical (unpaired) electrons. The average molecular weight is 817 g/mol. The zero-order valence-electron chi connectivity index (χ0n) is 38.8. The van der Waals surface area contributed by atoms with Crippen LogP contribution in [-0.2, 0) is 28.6 Å². The van der Waals surface area contributed by atoms with Crippen molar-refractivity contribution in [2.45, 2.75) is 277 Å². The number of hydrogen-bond acceptors (Lipinski definition) is 6. The van der Waals surface area contributed by atoms with Crippen LogP contribution >= 0.6 is 0 Å². The Balaban J connectivity index is 4.25. The Kier molecular flexibility index (Phi) is 45.8. The summed E-state index contributed by atoms with van der Waals surface area (Å²) in [4.78, 5) is 37.8. The predicted molar refractivity (Wildman–Crippen MR) is 247 cm³/mol. The maximum atomic E-state index is 12.7. The van der Waals surface area contributed by atoms with E-state index in [2.05, 4.69) is 45.1 Å². The number of ether oxygens (including phenoxy) is 3. The Morgan fingerprint density at radius 3 is 0.948 bits per heavy atom. The average Bonchev–Trinajstić information content (AvgIpc) is 3.22. The minimum absolute atomic E-state index is 0.0678. The fourth-order valence-corrected chi connectivity index (χ4v) is 7.37. The van der Waals surface area contributed by atoms with Gasteiger partial charge in [-0.2, -0.15) is 0 Å². The molecule has 0 amide bonds. The number of carbonyl (C=O) groups excluding carboxylic acids is 3. The Morgan fingerprint density at radius 1 is 0.345 bits per heavy atom. The van der Waals surface area contributed by atoms with Crippen molar-refractivity contribution in [3.63, 3.8) is 0 Å². The molecule has 0 N–H and O–H groups in total. The van der Waals surface area contributed by atoms with E-state index >= 15 is 0 Å². The number of carbonyl (C=O) groups is 3. The summed E-state index contributed by atoms with van der Waals surface area (Å²) in [6, 6.07) is 0. The summed E-state index contributed by atoms with van der Waals surface area (Å²) in [5, 5.41) is 0. The Hall–Kier alpha value is -2.11. The quantitative estimate of drug-likeness (QED) is 0.0263. The second-order valence-electron chi connectivity index (χ2n) is 17.1. The number of esters is 3. The second-order valence-corrected chi connectivity index (χ2v) is 17.1. The lowest BCUT2D eigenvalue weighted by atomic mass is 10.0. The van der Waals surface area contributed by atoms with Crippen LogP contribution in [0.1, 0.15) is 271 Å². The molecule has 58 heavy (non-hydrogen) atoms. The first kappa shape index (κ1) is 55.9. The third-order valence-electron chi connectivity index (χ3n) is 11.2. The van der Waals surface area contributed by atoms with Crippen LogP contribution in [0.15, 0.2) is 24.3 Å². The summed E-state index contributed by atoms with van der Waals surface area (Å²) in [7, 11) is 0. The van der Waals surface area contributed by atoms with Crippen LogP contribution in [0, 0.1) is 0 Å². The van der Waals surface area contributed by atoms with Crippen LogP contribution in [0.25, 0.3) is 0 Å². The molecule has 0 aliphatic rings. The second kappa shape index (κ2) is 47.6. The van der Waals surface area contributed by atoms with Crippen molar-refractivity contribution in [1.82, 2.24) is 0 Å². The highest BCUT2D eigenvalue weighted by Crippen LogP contribution is 2.16. The summed E-state index contributed by atoms with van der Waals surface area (Å²) >= 11 is 0. The van der Waals surface area contributed by atoms with Gasteiger partial charge in [0.2, 0.25) is 0 Å². The van der Waals surface area contributed by atoms with Gasteiger partial charge < -0.3 is 14.2 Å². The molecule has 0 saturated carbocycles. The topological polar surface area (TPSA) is 78.9 Å². The lowest BCUT2D eigenvalue weighted by Gasteiger charge is -2.18. The summed E-state index contributed by atoms with van der Waals surface area (Å²) in [5.74, 6) is -0.863. The molecule has 0 spiro atoms. The third kappa shape index (κ3) is 45.0. The maximum Gasteiger partial charge on any atom is 0.306 e. The Morgan fingerprint density at radius 2 is 0.603 bits per heavy atom. The fraction of sp³-hybridized carbons (Fsp3) is 0.865. The largest absolute Gasteiger partial charge is 0.462 e. The highest BCUT2D eigenvalue weighted by Gasteiger charge is 2.19. The van der Waals surface area contributed by atoms with Crippen molar-refractivity contribution >= 4 is 17.9 Å². The maximum absolute atomic E-state index is 12.7. The molecule has 0 saturated heterocycles. The normalized spacial score (nSPS) is 12.1. The molecular formula is C52H96O6. The number of hydrogen-bond donors (Lipinski definition) is 0. The molecule has 0 aliphatic heterocycles. The molecule has 0 aromatic carbocycles. The summed E-state index contributed by atoms with van der Waals surface area (Å²) < 4.78 is 16.7. The van der Waals surface area contributed by atoms with E-state index in [1.54, 1.807) is 0 Å². The van der Waals surface area contributed by atoms with E-state index in [1.807, 2.05) is 0 Å². The lowest BCUT2D eigenvalue weighted by Crippen LogP contribution is -2.30. The summed E-state index contributed by atoms with van der Waals surface area (Å²) in [5.41, 5.74) is 0. The number of unbranched alkanes of at least 4 members (excludes halogenated alkanes) is 32. The SMILES string of the molecule is CCCCC/C=C\C=C/CCCCCCCCCCCCC(=O)OCC(COC(=O)CCCCCCCCCCC)OC(=O)CCCCCCCCCCCCCC. The van der Waals surface area contributed by atoms with Crippen LogP contribution in [0.4, 0.5) is 0 Å². The molecule has 340 valence electrons. The van der Waals surface area contributed by atoms with Crippen molar-refractivity contribution in [2.75, 3.05) is 13.2 Å². The minimum Gasteiger partial charge on any atom is -0.462 e. The van der Waals surface area contributed by atoms with Crippen LogP contribution in [0.2, 0.25) is 0 Å². The molecule has 1 atom stereocenters. The van der Waals surface area contributed by atoms with Gasteiger partial charge in [0.05, 0.1) is 0 Å². The number of allylic oxidation sites excluding steroid dienone is 4. The van der Waals surface area contributed by atoms with Gasteiger partial charge >= 0.3 is 17.9 Å². The molecule has 0 aromatic heterocycles. The summed E-state index contributed by atoms with van der Waals surface area (Å²) in [6.07, 6.45) is 53.0. The van der Waals surface area contributed by atoms with Crippen molar-refractivity contribution < 1.29 is 28.6 Å². The van der Waals surface area contributed by atoms with E-state index in [0.29, 0.717) is 19.3 Å². The zero-order valence-corrected chi connectivity index (χ0v) is 38.8. The zero-order chi connectivity index (χ0) is 42.3. The van der Waals surface area contributed by atoms with Crippen molar-refractivity contribution in [3.8, 4) is 0 Å². The fourth-order valence-electron chi connectivity index (χ4n) is 7.37.